The highest BCUT2D eigenvalue weighted by molar-refractivity contribution is 7.17. The molecule has 0 radical (unpaired) electrons. The fourth-order valence-electron chi connectivity index (χ4n) is 2.03. The van der Waals surface area contributed by atoms with Crippen LogP contribution in [-0.2, 0) is 4.79 Å². The van der Waals surface area contributed by atoms with Crippen LogP contribution >= 0.6 is 11.3 Å². The van der Waals surface area contributed by atoms with Crippen LogP contribution in [0.5, 0.6) is 0 Å². The Hall–Kier alpha value is -2.35. The molecule has 23 heavy (non-hydrogen) atoms. The van der Waals surface area contributed by atoms with Crippen LogP contribution in [0, 0.1) is 12.8 Å². The molecule has 0 aromatic carbocycles. The Kier molecular flexibility index (Phi) is 5.38. The molecule has 122 valence electrons. The van der Waals surface area contributed by atoms with Gasteiger partial charge in [0, 0.05) is 12.4 Å². The number of carboxylic acids is 1. The van der Waals surface area contributed by atoms with E-state index in [2.05, 4.69) is 20.3 Å². The van der Waals surface area contributed by atoms with Crippen LogP contribution in [0.25, 0.3) is 10.8 Å². The van der Waals surface area contributed by atoms with Gasteiger partial charge in [-0.25, -0.2) is 19.7 Å². The van der Waals surface area contributed by atoms with Crippen LogP contribution in [0.1, 0.15) is 35.6 Å². The fourth-order valence-corrected chi connectivity index (χ4v) is 2.95. The van der Waals surface area contributed by atoms with Crippen molar-refractivity contribution >= 4 is 23.2 Å². The number of carbonyl (C=O) groups is 2. The number of amides is 1. The van der Waals surface area contributed by atoms with Crippen LogP contribution < -0.4 is 5.32 Å². The van der Waals surface area contributed by atoms with Gasteiger partial charge in [0.1, 0.15) is 10.9 Å². The smallest absolute Gasteiger partial charge is 0.326 e. The molecule has 2 heterocycles. The summed E-state index contributed by atoms with van der Waals surface area (Å²) in [6.45, 7) is 5.52. The van der Waals surface area contributed by atoms with E-state index in [4.69, 9.17) is 0 Å². The Labute approximate surface area is 137 Å². The summed E-state index contributed by atoms with van der Waals surface area (Å²) < 4.78 is 0. The molecule has 1 amide bonds. The third kappa shape index (κ3) is 4.32. The van der Waals surface area contributed by atoms with Crippen LogP contribution in [0.3, 0.4) is 0 Å². The van der Waals surface area contributed by atoms with Crippen LogP contribution in [0.2, 0.25) is 0 Å². The molecule has 1 atom stereocenters. The number of thiazole rings is 1. The van der Waals surface area contributed by atoms with Crippen molar-refractivity contribution < 1.29 is 14.7 Å². The number of aryl methyl sites for hydroxylation is 1. The molecule has 2 N–H and O–H groups in total. The SMILES string of the molecule is Cc1nc(-c2ncccn2)sc1C(=O)N[C@H](CC(C)C)C(=O)O. The van der Waals surface area contributed by atoms with E-state index in [1.54, 1.807) is 25.4 Å². The standard InChI is InChI=1S/C15H18N4O3S/c1-8(2)7-10(15(21)22)19-13(20)11-9(3)18-14(23-11)12-16-5-4-6-17-12/h4-6,8,10H,7H2,1-3H3,(H,19,20)(H,21,22)/t10-/m1/s1. The molecule has 2 aromatic rings. The van der Waals surface area contributed by atoms with Crippen molar-refractivity contribution in [3.8, 4) is 10.8 Å². The summed E-state index contributed by atoms with van der Waals surface area (Å²) >= 11 is 1.15. The molecule has 0 saturated heterocycles. The molecule has 0 aliphatic carbocycles. The highest BCUT2D eigenvalue weighted by atomic mass is 32.1. The van der Waals surface area contributed by atoms with Gasteiger partial charge < -0.3 is 10.4 Å². The summed E-state index contributed by atoms with van der Waals surface area (Å²) in [6.07, 6.45) is 3.57. The molecule has 0 bridgehead atoms. The molecule has 2 aromatic heterocycles. The van der Waals surface area contributed by atoms with Gasteiger partial charge in [0.15, 0.2) is 10.8 Å². The predicted molar refractivity (Wildman–Crippen MR) is 86.2 cm³/mol. The van der Waals surface area contributed by atoms with Gasteiger partial charge in [-0.1, -0.05) is 13.8 Å². The van der Waals surface area contributed by atoms with Gasteiger partial charge in [0.2, 0.25) is 0 Å². The Morgan fingerprint density at radius 3 is 2.52 bits per heavy atom. The van der Waals surface area contributed by atoms with Crippen LogP contribution in [0.4, 0.5) is 0 Å². The number of carboxylic acid groups (broad SMARTS) is 1. The molecule has 8 heteroatoms. The minimum absolute atomic E-state index is 0.159. The van der Waals surface area contributed by atoms with Crippen LogP contribution in [0.15, 0.2) is 18.5 Å². The molecule has 0 saturated carbocycles. The number of hydrogen-bond acceptors (Lipinski definition) is 6. The Morgan fingerprint density at radius 1 is 1.30 bits per heavy atom. The maximum absolute atomic E-state index is 12.4. The Balaban J connectivity index is 2.19. The molecule has 0 aliphatic rings. The first-order valence-corrected chi connectivity index (χ1v) is 7.98. The number of aliphatic carboxylic acids is 1. The van der Waals surface area contributed by atoms with E-state index in [-0.39, 0.29) is 5.92 Å². The zero-order valence-electron chi connectivity index (χ0n) is 13.1. The lowest BCUT2D eigenvalue weighted by Crippen LogP contribution is -2.41. The van der Waals surface area contributed by atoms with Gasteiger partial charge in [-0.15, -0.1) is 11.3 Å². The minimum atomic E-state index is -1.04. The first-order chi connectivity index (χ1) is 10.9. The first kappa shape index (κ1) is 17.0. The summed E-state index contributed by atoms with van der Waals surface area (Å²) in [4.78, 5) is 36.5. The summed E-state index contributed by atoms with van der Waals surface area (Å²) in [5, 5.41) is 12.3. The van der Waals surface area contributed by atoms with Crippen molar-refractivity contribution in [3.05, 3.63) is 29.0 Å². The van der Waals surface area contributed by atoms with E-state index in [0.717, 1.165) is 11.3 Å². The molecule has 0 unspecified atom stereocenters. The average molecular weight is 334 g/mol. The molecular formula is C15H18N4O3S. The van der Waals surface area contributed by atoms with Gasteiger partial charge in [-0.3, -0.25) is 4.79 Å². The molecule has 0 spiro atoms. The van der Waals surface area contributed by atoms with Crippen molar-refractivity contribution in [3.63, 3.8) is 0 Å². The number of aromatic nitrogens is 3. The van der Waals surface area contributed by atoms with E-state index >= 15 is 0 Å². The molecule has 7 nitrogen and oxygen atoms in total. The number of nitrogens with zero attached hydrogens (tertiary/aromatic N) is 3. The van der Waals surface area contributed by atoms with Gasteiger partial charge in [-0.05, 0) is 25.3 Å². The Morgan fingerprint density at radius 2 is 1.96 bits per heavy atom. The first-order valence-electron chi connectivity index (χ1n) is 7.17. The number of nitrogens with one attached hydrogen (secondary N) is 1. The zero-order chi connectivity index (χ0) is 17.0. The van der Waals surface area contributed by atoms with Crippen molar-refractivity contribution in [1.29, 1.82) is 0 Å². The third-order valence-electron chi connectivity index (χ3n) is 3.07. The fraction of sp³-hybridized carbons (Fsp3) is 0.400. The van der Waals surface area contributed by atoms with Crippen molar-refractivity contribution in [1.82, 2.24) is 20.3 Å². The quantitative estimate of drug-likeness (QED) is 0.838. The van der Waals surface area contributed by atoms with E-state index in [1.807, 2.05) is 13.8 Å². The number of rotatable bonds is 6. The van der Waals surface area contributed by atoms with Gasteiger partial charge in [0.05, 0.1) is 5.69 Å². The van der Waals surface area contributed by atoms with Crippen molar-refractivity contribution in [2.45, 2.75) is 33.2 Å². The summed E-state index contributed by atoms with van der Waals surface area (Å²) in [5.74, 6) is -0.875. The van der Waals surface area contributed by atoms with E-state index in [9.17, 15) is 14.7 Å². The maximum atomic E-state index is 12.4. The summed E-state index contributed by atoms with van der Waals surface area (Å²) in [6, 6.07) is 0.779. The third-order valence-corrected chi connectivity index (χ3v) is 4.22. The molecule has 0 aliphatic heterocycles. The second kappa shape index (κ2) is 7.28. The minimum Gasteiger partial charge on any atom is -0.480 e. The van der Waals surface area contributed by atoms with Gasteiger partial charge in [0.25, 0.3) is 5.91 Å². The Bertz CT molecular complexity index is 700. The predicted octanol–water partition coefficient (Wildman–Crippen LogP) is 2.14. The second-order valence-corrected chi connectivity index (χ2v) is 6.50. The largest absolute Gasteiger partial charge is 0.480 e. The van der Waals surface area contributed by atoms with Gasteiger partial charge >= 0.3 is 5.97 Å². The average Bonchev–Trinajstić information content (AvgIpc) is 2.89. The highest BCUT2D eigenvalue weighted by Crippen LogP contribution is 2.25. The molecular weight excluding hydrogens is 316 g/mol. The summed E-state index contributed by atoms with van der Waals surface area (Å²) in [5.41, 5.74) is 0.531. The highest BCUT2D eigenvalue weighted by Gasteiger charge is 2.24. The lowest BCUT2D eigenvalue weighted by molar-refractivity contribution is -0.139. The number of hydrogen-bond donors (Lipinski definition) is 2. The second-order valence-electron chi connectivity index (χ2n) is 5.50. The lowest BCUT2D eigenvalue weighted by Gasteiger charge is -2.15. The van der Waals surface area contributed by atoms with Crippen molar-refractivity contribution in [2.24, 2.45) is 5.92 Å². The zero-order valence-corrected chi connectivity index (χ0v) is 13.9. The van der Waals surface area contributed by atoms with Crippen molar-refractivity contribution in [2.75, 3.05) is 0 Å². The van der Waals surface area contributed by atoms with E-state index in [1.165, 1.54) is 0 Å². The molecule has 2 rings (SSSR count). The lowest BCUT2D eigenvalue weighted by atomic mass is 10.0. The maximum Gasteiger partial charge on any atom is 0.326 e. The van der Waals surface area contributed by atoms with E-state index < -0.39 is 17.9 Å². The monoisotopic (exact) mass is 334 g/mol. The topological polar surface area (TPSA) is 105 Å². The normalized spacial score (nSPS) is 12.2. The molecule has 0 fully saturated rings. The summed E-state index contributed by atoms with van der Waals surface area (Å²) in [7, 11) is 0. The number of carbonyl (C=O) groups excluding carboxylic acids is 1. The van der Waals surface area contributed by atoms with Gasteiger partial charge in [-0.2, -0.15) is 0 Å². The van der Waals surface area contributed by atoms with Crippen LogP contribution in [-0.4, -0.2) is 38.0 Å². The van der Waals surface area contributed by atoms with E-state index in [0.29, 0.717) is 27.8 Å².